The summed E-state index contributed by atoms with van der Waals surface area (Å²) in [5, 5.41) is 0. The molecule has 0 heterocycles. The van der Waals surface area contributed by atoms with Crippen molar-refractivity contribution in [2.75, 3.05) is 11.5 Å². The second-order valence-electron chi connectivity index (χ2n) is 2.59. The predicted octanol–water partition coefficient (Wildman–Crippen LogP) is 1.82. The van der Waals surface area contributed by atoms with E-state index >= 15 is 0 Å². The van der Waals surface area contributed by atoms with Gasteiger partial charge in [0.1, 0.15) is 0 Å². The lowest BCUT2D eigenvalue weighted by atomic mass is 10.3. The molecule has 2 N–H and O–H groups in total. The van der Waals surface area contributed by atoms with Crippen LogP contribution in [0.25, 0.3) is 0 Å². The molecule has 0 spiro atoms. The highest BCUT2D eigenvalue weighted by atomic mass is 79.9. The Morgan fingerprint density at radius 1 is 1.46 bits per heavy atom. The zero-order chi connectivity index (χ0) is 10.1. The van der Waals surface area contributed by atoms with Gasteiger partial charge in [0.25, 0.3) is 0 Å². The van der Waals surface area contributed by atoms with E-state index in [1.807, 2.05) is 0 Å². The molecule has 0 saturated heterocycles. The van der Waals surface area contributed by atoms with Crippen LogP contribution in [-0.4, -0.2) is 14.2 Å². The molecule has 0 fully saturated rings. The van der Waals surface area contributed by atoms with Crippen LogP contribution in [0.1, 0.15) is 6.92 Å². The maximum absolute atomic E-state index is 11.5. The standard InChI is InChI=1S/C8H10BrNO2S/c1-2-13(11,12)8-5-6(9)3-4-7(8)10/h3-5H,2,10H2,1H3. The monoisotopic (exact) mass is 263 g/mol. The number of sulfone groups is 1. The molecule has 13 heavy (non-hydrogen) atoms. The van der Waals surface area contributed by atoms with Crippen molar-refractivity contribution in [2.24, 2.45) is 0 Å². The van der Waals surface area contributed by atoms with Crippen LogP contribution < -0.4 is 5.73 Å². The molecule has 0 saturated carbocycles. The molecule has 5 heteroatoms. The predicted molar refractivity (Wildman–Crippen MR) is 56.3 cm³/mol. The number of nitrogens with two attached hydrogens (primary N) is 1. The molecule has 0 aromatic heterocycles. The Balaban J connectivity index is 3.38. The highest BCUT2D eigenvalue weighted by molar-refractivity contribution is 9.10. The summed E-state index contributed by atoms with van der Waals surface area (Å²) >= 11 is 3.20. The summed E-state index contributed by atoms with van der Waals surface area (Å²) < 4.78 is 23.7. The lowest BCUT2D eigenvalue weighted by Gasteiger charge is -2.05. The van der Waals surface area contributed by atoms with Gasteiger partial charge in [-0.25, -0.2) is 8.42 Å². The smallest absolute Gasteiger partial charge is 0.180 e. The van der Waals surface area contributed by atoms with Crippen molar-refractivity contribution in [1.29, 1.82) is 0 Å². The summed E-state index contributed by atoms with van der Waals surface area (Å²) in [6.45, 7) is 1.59. The van der Waals surface area contributed by atoms with Gasteiger partial charge in [-0.3, -0.25) is 0 Å². The van der Waals surface area contributed by atoms with Gasteiger partial charge in [0.2, 0.25) is 0 Å². The summed E-state index contributed by atoms with van der Waals surface area (Å²) in [5.41, 5.74) is 5.85. The third-order valence-electron chi connectivity index (χ3n) is 1.69. The Hall–Kier alpha value is -0.550. The average Bonchev–Trinajstić information content (AvgIpc) is 2.09. The molecule has 0 aliphatic heterocycles. The molecule has 0 atom stereocenters. The van der Waals surface area contributed by atoms with Crippen LogP contribution >= 0.6 is 15.9 Å². The molecule has 72 valence electrons. The number of rotatable bonds is 2. The van der Waals surface area contributed by atoms with E-state index in [1.165, 1.54) is 6.07 Å². The van der Waals surface area contributed by atoms with Crippen molar-refractivity contribution in [3.8, 4) is 0 Å². The number of halogens is 1. The Morgan fingerprint density at radius 3 is 2.62 bits per heavy atom. The van der Waals surface area contributed by atoms with Gasteiger partial charge in [-0.2, -0.15) is 0 Å². The minimum Gasteiger partial charge on any atom is -0.398 e. The largest absolute Gasteiger partial charge is 0.398 e. The summed E-state index contributed by atoms with van der Waals surface area (Å²) in [6.07, 6.45) is 0. The SMILES string of the molecule is CCS(=O)(=O)c1cc(Br)ccc1N. The van der Waals surface area contributed by atoms with Gasteiger partial charge in [-0.05, 0) is 18.2 Å². The minimum absolute atomic E-state index is 0.0631. The maximum Gasteiger partial charge on any atom is 0.180 e. The molecule has 0 radical (unpaired) electrons. The van der Waals surface area contributed by atoms with Gasteiger partial charge in [-0.1, -0.05) is 22.9 Å². The summed E-state index contributed by atoms with van der Waals surface area (Å²) in [6, 6.07) is 4.81. The molecular weight excluding hydrogens is 254 g/mol. The summed E-state index contributed by atoms with van der Waals surface area (Å²) in [4.78, 5) is 0.198. The van der Waals surface area contributed by atoms with E-state index in [0.29, 0.717) is 10.2 Å². The van der Waals surface area contributed by atoms with E-state index in [0.717, 1.165) is 0 Å². The van der Waals surface area contributed by atoms with Crippen LogP contribution in [0.2, 0.25) is 0 Å². The minimum atomic E-state index is -3.21. The second-order valence-corrected chi connectivity index (χ2v) is 5.75. The first-order valence-corrected chi connectivity index (χ1v) is 6.19. The van der Waals surface area contributed by atoms with Crippen LogP contribution in [0, 0.1) is 0 Å². The third-order valence-corrected chi connectivity index (χ3v) is 3.97. The average molecular weight is 264 g/mol. The summed E-state index contributed by atoms with van der Waals surface area (Å²) in [7, 11) is -3.21. The molecule has 0 amide bonds. The number of hydrogen-bond donors (Lipinski definition) is 1. The Bertz CT molecular complexity index is 414. The van der Waals surface area contributed by atoms with E-state index in [9.17, 15) is 8.42 Å². The fourth-order valence-electron chi connectivity index (χ4n) is 0.933. The highest BCUT2D eigenvalue weighted by Crippen LogP contribution is 2.23. The van der Waals surface area contributed by atoms with E-state index in [-0.39, 0.29) is 10.6 Å². The molecule has 0 bridgehead atoms. The molecule has 3 nitrogen and oxygen atoms in total. The van der Waals surface area contributed by atoms with E-state index in [2.05, 4.69) is 15.9 Å². The third kappa shape index (κ3) is 2.22. The number of nitrogen functional groups attached to an aromatic ring is 1. The summed E-state index contributed by atoms with van der Waals surface area (Å²) in [5.74, 6) is 0.0631. The number of benzene rings is 1. The van der Waals surface area contributed by atoms with Gasteiger partial charge in [-0.15, -0.1) is 0 Å². The first-order valence-electron chi connectivity index (χ1n) is 3.75. The Labute approximate surface area is 86.0 Å². The van der Waals surface area contributed by atoms with Gasteiger partial charge >= 0.3 is 0 Å². The maximum atomic E-state index is 11.5. The zero-order valence-electron chi connectivity index (χ0n) is 7.12. The first kappa shape index (κ1) is 10.5. The normalized spacial score (nSPS) is 11.5. The van der Waals surface area contributed by atoms with Gasteiger partial charge in [0.05, 0.1) is 16.3 Å². The topological polar surface area (TPSA) is 60.2 Å². The van der Waals surface area contributed by atoms with Crippen LogP contribution in [0.4, 0.5) is 5.69 Å². The molecule has 1 aromatic rings. The molecular formula is C8H10BrNO2S. The lowest BCUT2D eigenvalue weighted by Crippen LogP contribution is -2.06. The van der Waals surface area contributed by atoms with Gasteiger partial charge in [0.15, 0.2) is 9.84 Å². The van der Waals surface area contributed by atoms with Crippen molar-refractivity contribution in [1.82, 2.24) is 0 Å². The van der Waals surface area contributed by atoms with Crippen molar-refractivity contribution in [2.45, 2.75) is 11.8 Å². The fraction of sp³-hybridized carbons (Fsp3) is 0.250. The first-order chi connectivity index (χ1) is 5.97. The van der Waals surface area contributed by atoms with E-state index in [1.54, 1.807) is 19.1 Å². The number of hydrogen-bond acceptors (Lipinski definition) is 3. The Kier molecular flexibility index (Phi) is 2.98. The van der Waals surface area contributed by atoms with Crippen LogP contribution in [0.5, 0.6) is 0 Å². The molecule has 0 unspecified atom stereocenters. The number of anilines is 1. The van der Waals surface area contributed by atoms with Gasteiger partial charge in [0, 0.05) is 4.47 Å². The van der Waals surface area contributed by atoms with Crippen LogP contribution in [0.3, 0.4) is 0 Å². The second kappa shape index (κ2) is 3.67. The quantitative estimate of drug-likeness (QED) is 0.829. The van der Waals surface area contributed by atoms with Crippen molar-refractivity contribution < 1.29 is 8.42 Å². The molecule has 0 aliphatic carbocycles. The van der Waals surface area contributed by atoms with Crippen molar-refractivity contribution >= 4 is 31.5 Å². The van der Waals surface area contributed by atoms with Crippen molar-refractivity contribution in [3.63, 3.8) is 0 Å². The molecule has 1 aromatic carbocycles. The van der Waals surface area contributed by atoms with Crippen LogP contribution in [-0.2, 0) is 9.84 Å². The van der Waals surface area contributed by atoms with E-state index < -0.39 is 9.84 Å². The van der Waals surface area contributed by atoms with E-state index in [4.69, 9.17) is 5.73 Å². The highest BCUT2D eigenvalue weighted by Gasteiger charge is 2.14. The van der Waals surface area contributed by atoms with Crippen molar-refractivity contribution in [3.05, 3.63) is 22.7 Å². The lowest BCUT2D eigenvalue weighted by molar-refractivity contribution is 0.597. The fourth-order valence-corrected chi connectivity index (χ4v) is 2.49. The Morgan fingerprint density at radius 2 is 2.08 bits per heavy atom. The molecule has 1 rings (SSSR count). The van der Waals surface area contributed by atoms with Crippen LogP contribution in [0.15, 0.2) is 27.6 Å². The molecule has 0 aliphatic rings. The van der Waals surface area contributed by atoms with Gasteiger partial charge < -0.3 is 5.73 Å². The zero-order valence-corrected chi connectivity index (χ0v) is 9.52.